The summed E-state index contributed by atoms with van der Waals surface area (Å²) in [5, 5.41) is 9.06. The van der Waals surface area contributed by atoms with Crippen molar-refractivity contribution in [1.82, 2.24) is 9.97 Å². The number of hydrogen-bond acceptors (Lipinski definition) is 6. The van der Waals surface area contributed by atoms with Gasteiger partial charge in [-0.15, -0.1) is 0 Å². The van der Waals surface area contributed by atoms with Crippen LogP contribution in [0.15, 0.2) is 30.5 Å². The second kappa shape index (κ2) is 6.74. The maximum atomic E-state index is 11.0. The maximum Gasteiger partial charge on any atom is 0.339 e. The van der Waals surface area contributed by atoms with Crippen LogP contribution in [0.1, 0.15) is 16.1 Å². The van der Waals surface area contributed by atoms with Crippen molar-refractivity contribution in [3.8, 4) is 5.75 Å². The summed E-state index contributed by atoms with van der Waals surface area (Å²) in [6.07, 6.45) is 1.38. The number of methoxy groups -OCH3 is 1. The highest BCUT2D eigenvalue weighted by atomic mass is 16.5. The van der Waals surface area contributed by atoms with Gasteiger partial charge in [0.1, 0.15) is 5.75 Å². The number of carboxylic acids is 1. The number of aromatic nitrogens is 2. The quantitative estimate of drug-likeness (QED) is 0.917. The van der Waals surface area contributed by atoms with Crippen LogP contribution in [-0.4, -0.2) is 54.3 Å². The van der Waals surface area contributed by atoms with E-state index < -0.39 is 5.97 Å². The Kier molecular flexibility index (Phi) is 4.50. The molecule has 0 spiro atoms. The van der Waals surface area contributed by atoms with Crippen LogP contribution in [-0.2, 0) is 0 Å². The monoisotopic (exact) mass is 328 g/mol. The fourth-order valence-electron chi connectivity index (χ4n) is 2.77. The lowest BCUT2D eigenvalue weighted by Crippen LogP contribution is -2.47. The first-order valence-electron chi connectivity index (χ1n) is 7.79. The Balaban J connectivity index is 1.66. The zero-order valence-electron chi connectivity index (χ0n) is 13.8. The average molecular weight is 328 g/mol. The number of rotatable bonds is 4. The summed E-state index contributed by atoms with van der Waals surface area (Å²) < 4.78 is 5.18. The molecule has 0 radical (unpaired) electrons. The van der Waals surface area contributed by atoms with Crippen molar-refractivity contribution in [3.05, 3.63) is 41.7 Å². The fourth-order valence-corrected chi connectivity index (χ4v) is 2.77. The molecular formula is C17H20N4O3. The van der Waals surface area contributed by atoms with Gasteiger partial charge in [-0.1, -0.05) is 0 Å². The average Bonchev–Trinajstić information content (AvgIpc) is 2.61. The number of aromatic carboxylic acids is 1. The second-order valence-corrected chi connectivity index (χ2v) is 5.65. The highest BCUT2D eigenvalue weighted by Crippen LogP contribution is 2.21. The number of carbonyl (C=O) groups is 1. The van der Waals surface area contributed by atoms with E-state index in [-0.39, 0.29) is 5.56 Å². The van der Waals surface area contributed by atoms with Gasteiger partial charge in [-0.2, -0.15) is 0 Å². The number of hydrogen-bond donors (Lipinski definition) is 1. The minimum absolute atomic E-state index is 0.149. The molecule has 0 aliphatic carbocycles. The molecule has 0 unspecified atom stereocenters. The molecule has 1 saturated heterocycles. The Hall–Kier alpha value is -2.83. The number of aryl methyl sites for hydroxylation is 1. The molecular weight excluding hydrogens is 308 g/mol. The summed E-state index contributed by atoms with van der Waals surface area (Å²) in [6, 6.07) is 8.02. The third kappa shape index (κ3) is 3.24. The van der Waals surface area contributed by atoms with Gasteiger partial charge in [-0.25, -0.2) is 14.8 Å². The van der Waals surface area contributed by atoms with E-state index in [1.807, 2.05) is 12.1 Å². The highest BCUT2D eigenvalue weighted by Gasteiger charge is 2.20. The predicted molar refractivity (Wildman–Crippen MR) is 91.1 cm³/mol. The van der Waals surface area contributed by atoms with E-state index in [2.05, 4.69) is 31.9 Å². The molecule has 0 atom stereocenters. The van der Waals surface area contributed by atoms with Gasteiger partial charge >= 0.3 is 5.97 Å². The van der Waals surface area contributed by atoms with Crippen LogP contribution < -0.4 is 14.5 Å². The number of ether oxygens (including phenoxy) is 1. The van der Waals surface area contributed by atoms with Crippen LogP contribution in [0.3, 0.4) is 0 Å². The topological polar surface area (TPSA) is 78.8 Å². The molecule has 1 aromatic heterocycles. The Labute approximate surface area is 140 Å². The molecule has 1 fully saturated rings. The van der Waals surface area contributed by atoms with E-state index in [0.29, 0.717) is 11.6 Å². The Morgan fingerprint density at radius 3 is 2.29 bits per heavy atom. The van der Waals surface area contributed by atoms with Crippen LogP contribution in [0.4, 0.5) is 11.6 Å². The Morgan fingerprint density at radius 2 is 1.75 bits per heavy atom. The van der Waals surface area contributed by atoms with Gasteiger partial charge in [0.05, 0.1) is 18.4 Å². The van der Waals surface area contributed by atoms with Gasteiger partial charge in [0, 0.05) is 38.1 Å². The molecule has 126 valence electrons. The number of anilines is 2. The molecule has 7 heteroatoms. The van der Waals surface area contributed by atoms with Gasteiger partial charge in [0.15, 0.2) is 0 Å². The van der Waals surface area contributed by atoms with E-state index >= 15 is 0 Å². The van der Waals surface area contributed by atoms with Crippen molar-refractivity contribution in [2.45, 2.75) is 6.92 Å². The molecule has 3 rings (SSSR count). The summed E-state index contributed by atoms with van der Waals surface area (Å²) in [6.45, 7) is 4.99. The second-order valence-electron chi connectivity index (χ2n) is 5.65. The smallest absolute Gasteiger partial charge is 0.339 e. The van der Waals surface area contributed by atoms with E-state index in [9.17, 15) is 4.79 Å². The largest absolute Gasteiger partial charge is 0.497 e. The summed E-state index contributed by atoms with van der Waals surface area (Å²) in [5.41, 5.74) is 1.80. The highest BCUT2D eigenvalue weighted by molar-refractivity contribution is 5.88. The molecule has 7 nitrogen and oxygen atoms in total. The minimum Gasteiger partial charge on any atom is -0.497 e. The molecule has 24 heavy (non-hydrogen) atoms. The molecule has 1 aromatic carbocycles. The van der Waals surface area contributed by atoms with Gasteiger partial charge < -0.3 is 19.6 Å². The van der Waals surface area contributed by atoms with Crippen molar-refractivity contribution in [2.24, 2.45) is 0 Å². The van der Waals surface area contributed by atoms with Crippen LogP contribution in [0, 0.1) is 6.92 Å². The van der Waals surface area contributed by atoms with Gasteiger partial charge in [0.2, 0.25) is 5.95 Å². The van der Waals surface area contributed by atoms with Crippen molar-refractivity contribution >= 4 is 17.6 Å². The summed E-state index contributed by atoms with van der Waals surface area (Å²) in [4.78, 5) is 24.0. The fraction of sp³-hybridized carbons (Fsp3) is 0.353. The van der Waals surface area contributed by atoms with E-state index in [1.54, 1.807) is 14.0 Å². The molecule has 0 saturated carbocycles. The normalized spacial score (nSPS) is 14.6. The van der Waals surface area contributed by atoms with E-state index in [4.69, 9.17) is 9.84 Å². The Bertz CT molecular complexity index is 725. The molecule has 1 N–H and O–H groups in total. The van der Waals surface area contributed by atoms with Crippen LogP contribution in [0.2, 0.25) is 0 Å². The summed E-state index contributed by atoms with van der Waals surface area (Å²) in [5.74, 6) is 0.440. The molecule has 0 amide bonds. The van der Waals surface area contributed by atoms with Gasteiger partial charge in [-0.3, -0.25) is 0 Å². The summed E-state index contributed by atoms with van der Waals surface area (Å²) in [7, 11) is 1.66. The number of nitrogens with zero attached hydrogens (tertiary/aromatic N) is 4. The first-order chi connectivity index (χ1) is 11.6. The van der Waals surface area contributed by atoms with E-state index in [0.717, 1.165) is 37.6 Å². The standard InChI is InChI=1S/C17H20N4O3/c1-12-15(16(22)23)11-18-17(19-12)21-9-7-20(8-10-21)13-3-5-14(24-2)6-4-13/h3-6,11H,7-10H2,1-2H3,(H,22,23). The third-order valence-corrected chi connectivity index (χ3v) is 4.20. The van der Waals surface area contributed by atoms with Crippen LogP contribution >= 0.6 is 0 Å². The lowest BCUT2D eigenvalue weighted by molar-refractivity contribution is 0.0695. The minimum atomic E-state index is -0.997. The van der Waals surface area contributed by atoms with E-state index in [1.165, 1.54) is 6.20 Å². The SMILES string of the molecule is COc1ccc(N2CCN(c3ncc(C(=O)O)c(C)n3)CC2)cc1. The van der Waals surface area contributed by atoms with Crippen molar-refractivity contribution in [2.75, 3.05) is 43.1 Å². The zero-order chi connectivity index (χ0) is 17.1. The third-order valence-electron chi connectivity index (χ3n) is 4.20. The van der Waals surface area contributed by atoms with Crippen LogP contribution in [0.25, 0.3) is 0 Å². The number of piperazine rings is 1. The lowest BCUT2D eigenvalue weighted by Gasteiger charge is -2.36. The van der Waals surface area contributed by atoms with Crippen molar-refractivity contribution in [3.63, 3.8) is 0 Å². The molecule has 0 bridgehead atoms. The number of carboxylic acid groups (broad SMARTS) is 1. The zero-order valence-corrected chi connectivity index (χ0v) is 13.8. The van der Waals surface area contributed by atoms with Gasteiger partial charge in [-0.05, 0) is 31.2 Å². The first kappa shape index (κ1) is 16.0. The molecule has 1 aliphatic rings. The van der Waals surface area contributed by atoms with Crippen molar-refractivity contribution < 1.29 is 14.6 Å². The first-order valence-corrected chi connectivity index (χ1v) is 7.79. The van der Waals surface area contributed by atoms with Gasteiger partial charge in [0.25, 0.3) is 0 Å². The molecule has 2 heterocycles. The van der Waals surface area contributed by atoms with Crippen molar-refractivity contribution in [1.29, 1.82) is 0 Å². The summed E-state index contributed by atoms with van der Waals surface area (Å²) >= 11 is 0. The molecule has 1 aliphatic heterocycles. The number of benzene rings is 1. The maximum absolute atomic E-state index is 11.0. The Morgan fingerprint density at radius 1 is 1.12 bits per heavy atom. The molecule has 2 aromatic rings. The predicted octanol–water partition coefficient (Wildman–Crippen LogP) is 1.82. The van der Waals surface area contributed by atoms with Crippen LogP contribution in [0.5, 0.6) is 5.75 Å². The lowest BCUT2D eigenvalue weighted by atomic mass is 10.2.